The second kappa shape index (κ2) is 6.75. The SMILES string of the molecule is NNC(=NC1CCCCC1)Nc1ccc(C(F)(F)F)nc1. The summed E-state index contributed by atoms with van der Waals surface area (Å²) in [5.41, 5.74) is 1.90. The zero-order chi connectivity index (χ0) is 15.3. The van der Waals surface area contributed by atoms with Gasteiger partial charge >= 0.3 is 6.18 Å². The van der Waals surface area contributed by atoms with Crippen LogP contribution >= 0.6 is 0 Å². The maximum atomic E-state index is 12.4. The molecule has 0 radical (unpaired) electrons. The van der Waals surface area contributed by atoms with Crippen molar-refractivity contribution in [1.29, 1.82) is 0 Å². The van der Waals surface area contributed by atoms with Crippen molar-refractivity contribution in [3.63, 3.8) is 0 Å². The van der Waals surface area contributed by atoms with E-state index in [1.165, 1.54) is 12.5 Å². The Morgan fingerprint density at radius 3 is 2.48 bits per heavy atom. The Morgan fingerprint density at radius 1 is 1.24 bits per heavy atom. The van der Waals surface area contributed by atoms with Crippen LogP contribution in [0.4, 0.5) is 18.9 Å². The number of rotatable bonds is 2. The van der Waals surface area contributed by atoms with Gasteiger partial charge in [0.15, 0.2) is 0 Å². The molecule has 0 atom stereocenters. The van der Waals surface area contributed by atoms with Crippen molar-refractivity contribution in [2.45, 2.75) is 44.3 Å². The quantitative estimate of drug-likeness (QED) is 0.340. The highest BCUT2D eigenvalue weighted by Gasteiger charge is 2.32. The lowest BCUT2D eigenvalue weighted by atomic mass is 9.96. The molecule has 0 unspecified atom stereocenters. The number of hydrogen-bond donors (Lipinski definition) is 3. The van der Waals surface area contributed by atoms with Crippen molar-refractivity contribution in [3.05, 3.63) is 24.0 Å². The highest BCUT2D eigenvalue weighted by molar-refractivity contribution is 5.93. The fourth-order valence-electron chi connectivity index (χ4n) is 2.27. The van der Waals surface area contributed by atoms with Gasteiger partial charge < -0.3 is 5.32 Å². The van der Waals surface area contributed by atoms with Crippen molar-refractivity contribution >= 4 is 11.6 Å². The molecular weight excluding hydrogens is 283 g/mol. The number of anilines is 1. The van der Waals surface area contributed by atoms with E-state index in [0.29, 0.717) is 11.6 Å². The lowest BCUT2D eigenvalue weighted by Gasteiger charge is -2.19. The lowest BCUT2D eigenvalue weighted by Crippen LogP contribution is -2.37. The summed E-state index contributed by atoms with van der Waals surface area (Å²) in [6, 6.07) is 2.40. The predicted molar refractivity (Wildman–Crippen MR) is 74.5 cm³/mol. The van der Waals surface area contributed by atoms with Crippen LogP contribution in [0.5, 0.6) is 0 Å². The van der Waals surface area contributed by atoms with Gasteiger partial charge in [-0.15, -0.1) is 0 Å². The minimum Gasteiger partial charge on any atom is -0.324 e. The van der Waals surface area contributed by atoms with Crippen molar-refractivity contribution in [1.82, 2.24) is 10.4 Å². The first kappa shape index (κ1) is 15.6. The van der Waals surface area contributed by atoms with E-state index in [-0.39, 0.29) is 6.04 Å². The van der Waals surface area contributed by atoms with Gasteiger partial charge in [0.05, 0.1) is 17.9 Å². The Labute approximate surface area is 120 Å². The molecule has 0 spiro atoms. The second-order valence-electron chi connectivity index (χ2n) is 4.97. The van der Waals surface area contributed by atoms with E-state index >= 15 is 0 Å². The smallest absolute Gasteiger partial charge is 0.324 e. The van der Waals surface area contributed by atoms with Gasteiger partial charge in [0.25, 0.3) is 0 Å². The van der Waals surface area contributed by atoms with Crippen molar-refractivity contribution in [2.24, 2.45) is 10.8 Å². The average molecular weight is 301 g/mol. The molecular formula is C13H18F3N5. The van der Waals surface area contributed by atoms with Crippen LogP contribution in [0.1, 0.15) is 37.8 Å². The Hall–Kier alpha value is -1.83. The van der Waals surface area contributed by atoms with Crippen LogP contribution in [0.25, 0.3) is 0 Å². The number of hydrazine groups is 1. The van der Waals surface area contributed by atoms with Crippen molar-refractivity contribution in [2.75, 3.05) is 5.32 Å². The summed E-state index contributed by atoms with van der Waals surface area (Å²) in [6.45, 7) is 0. The van der Waals surface area contributed by atoms with Crippen LogP contribution < -0.4 is 16.6 Å². The molecule has 1 heterocycles. The molecule has 8 heteroatoms. The van der Waals surface area contributed by atoms with Crippen LogP contribution in [0.3, 0.4) is 0 Å². The van der Waals surface area contributed by atoms with Crippen LogP contribution in [0.15, 0.2) is 23.3 Å². The molecule has 0 aromatic carbocycles. The highest BCUT2D eigenvalue weighted by Crippen LogP contribution is 2.27. The summed E-state index contributed by atoms with van der Waals surface area (Å²) in [5, 5.41) is 2.84. The standard InChI is InChI=1S/C13H18F3N5/c14-13(15,16)11-7-6-10(8-18-11)20-12(21-17)19-9-4-2-1-3-5-9/h6-9H,1-5,17H2,(H2,19,20,21). The summed E-state index contributed by atoms with van der Waals surface area (Å²) in [7, 11) is 0. The van der Waals surface area contributed by atoms with Crippen LogP contribution in [-0.4, -0.2) is 17.0 Å². The maximum absolute atomic E-state index is 12.4. The highest BCUT2D eigenvalue weighted by atomic mass is 19.4. The third kappa shape index (κ3) is 4.59. The van der Waals surface area contributed by atoms with E-state index in [1.54, 1.807) is 0 Å². The number of aromatic nitrogens is 1. The Bertz CT molecular complexity index is 478. The summed E-state index contributed by atoms with van der Waals surface area (Å²) in [5.74, 6) is 5.73. The molecule has 0 amide bonds. The van der Waals surface area contributed by atoms with Crippen molar-refractivity contribution in [3.8, 4) is 0 Å². The van der Waals surface area contributed by atoms with Gasteiger partial charge in [0.1, 0.15) is 5.69 Å². The largest absolute Gasteiger partial charge is 0.433 e. The summed E-state index contributed by atoms with van der Waals surface area (Å²) in [4.78, 5) is 7.81. The number of pyridine rings is 1. The van der Waals surface area contributed by atoms with E-state index in [2.05, 4.69) is 20.7 Å². The molecule has 1 aromatic rings. The number of halogens is 3. The molecule has 2 rings (SSSR count). The number of hydrogen-bond acceptors (Lipinski definition) is 3. The van der Waals surface area contributed by atoms with Gasteiger partial charge in [0.2, 0.25) is 5.96 Å². The molecule has 5 nitrogen and oxygen atoms in total. The zero-order valence-electron chi connectivity index (χ0n) is 11.5. The molecule has 0 saturated heterocycles. The Morgan fingerprint density at radius 2 is 1.95 bits per heavy atom. The number of aliphatic imine (C=N–C) groups is 1. The third-order valence-electron chi connectivity index (χ3n) is 3.34. The topological polar surface area (TPSA) is 75.3 Å². The number of nitrogens with two attached hydrogens (primary N) is 1. The summed E-state index contributed by atoms with van der Waals surface area (Å²) >= 11 is 0. The number of guanidine groups is 1. The maximum Gasteiger partial charge on any atom is 0.433 e. The monoisotopic (exact) mass is 301 g/mol. The Kier molecular flexibility index (Phi) is 5.00. The minimum atomic E-state index is -4.44. The van der Waals surface area contributed by atoms with Gasteiger partial charge in [-0.3, -0.25) is 5.43 Å². The number of nitrogens with zero attached hydrogens (tertiary/aromatic N) is 2. The third-order valence-corrected chi connectivity index (χ3v) is 3.34. The number of alkyl halides is 3. The molecule has 21 heavy (non-hydrogen) atoms. The fourth-order valence-corrected chi connectivity index (χ4v) is 2.27. The van der Waals surface area contributed by atoms with E-state index in [0.717, 1.165) is 37.9 Å². The molecule has 1 aliphatic carbocycles. The number of nitrogens with one attached hydrogen (secondary N) is 2. The molecule has 1 fully saturated rings. The minimum absolute atomic E-state index is 0.194. The van der Waals surface area contributed by atoms with E-state index in [1.807, 2.05) is 0 Å². The molecule has 0 aliphatic heterocycles. The molecule has 116 valence electrons. The lowest BCUT2D eigenvalue weighted by molar-refractivity contribution is -0.141. The predicted octanol–water partition coefficient (Wildman–Crippen LogP) is 2.66. The van der Waals surface area contributed by atoms with Crippen LogP contribution in [0, 0.1) is 0 Å². The molecule has 1 saturated carbocycles. The molecule has 0 bridgehead atoms. The second-order valence-corrected chi connectivity index (χ2v) is 4.97. The molecule has 1 aromatic heterocycles. The van der Waals surface area contributed by atoms with E-state index in [9.17, 15) is 13.2 Å². The summed E-state index contributed by atoms with van der Waals surface area (Å²) < 4.78 is 37.3. The van der Waals surface area contributed by atoms with Gasteiger partial charge in [-0.05, 0) is 25.0 Å². The van der Waals surface area contributed by atoms with Gasteiger partial charge in [0, 0.05) is 0 Å². The first-order chi connectivity index (χ1) is 9.99. The fraction of sp³-hybridized carbons (Fsp3) is 0.538. The van der Waals surface area contributed by atoms with E-state index in [4.69, 9.17) is 5.84 Å². The normalized spacial score (nSPS) is 17.6. The average Bonchev–Trinajstić information content (AvgIpc) is 2.47. The van der Waals surface area contributed by atoms with Crippen LogP contribution in [0.2, 0.25) is 0 Å². The van der Waals surface area contributed by atoms with E-state index < -0.39 is 11.9 Å². The first-order valence-electron chi connectivity index (χ1n) is 6.84. The van der Waals surface area contributed by atoms with Gasteiger partial charge in [-0.1, -0.05) is 19.3 Å². The van der Waals surface area contributed by atoms with Crippen molar-refractivity contribution < 1.29 is 13.2 Å². The zero-order valence-corrected chi connectivity index (χ0v) is 11.5. The van der Waals surface area contributed by atoms with Gasteiger partial charge in [-0.25, -0.2) is 15.8 Å². The molecule has 4 N–H and O–H groups in total. The van der Waals surface area contributed by atoms with Crippen LogP contribution in [-0.2, 0) is 6.18 Å². The molecule has 1 aliphatic rings. The summed E-state index contributed by atoms with van der Waals surface area (Å²) in [6.07, 6.45) is 2.14. The van der Waals surface area contributed by atoms with Gasteiger partial charge in [-0.2, -0.15) is 13.2 Å². The Balaban J connectivity index is 2.02. The first-order valence-corrected chi connectivity index (χ1v) is 6.84.